The van der Waals surface area contributed by atoms with Crippen molar-refractivity contribution in [1.82, 2.24) is 4.90 Å². The number of ether oxygens (including phenoxy) is 3. The summed E-state index contributed by atoms with van der Waals surface area (Å²) < 4.78 is 17.3. The molecule has 0 aromatic heterocycles. The molecule has 1 aliphatic heterocycles. The van der Waals surface area contributed by atoms with Gasteiger partial charge in [-0.15, -0.1) is 0 Å². The molecule has 1 heterocycles. The summed E-state index contributed by atoms with van der Waals surface area (Å²) in [6.45, 7) is 7.67. The van der Waals surface area contributed by atoms with Crippen LogP contribution in [0.15, 0.2) is 47.4 Å². The number of amides is 1. The highest BCUT2D eigenvalue weighted by molar-refractivity contribution is 8.26. The van der Waals surface area contributed by atoms with Gasteiger partial charge in [-0.3, -0.25) is 14.5 Å². The predicted octanol–water partition coefficient (Wildman–Crippen LogP) is 6.30. The molecule has 0 spiro atoms. The lowest BCUT2D eigenvalue weighted by Crippen LogP contribution is -2.29. The summed E-state index contributed by atoms with van der Waals surface area (Å²) in [5, 5.41) is 0. The minimum atomic E-state index is -0.177. The van der Waals surface area contributed by atoms with Gasteiger partial charge in [-0.25, -0.2) is 0 Å². The summed E-state index contributed by atoms with van der Waals surface area (Å²) in [5.74, 6) is 1.03. The minimum absolute atomic E-state index is 0.0897. The van der Waals surface area contributed by atoms with E-state index in [1.165, 1.54) is 17.3 Å². The van der Waals surface area contributed by atoms with Gasteiger partial charge in [0, 0.05) is 13.0 Å². The summed E-state index contributed by atoms with van der Waals surface area (Å²) in [4.78, 5) is 26.6. The van der Waals surface area contributed by atoms with Crippen molar-refractivity contribution < 1.29 is 23.8 Å². The quantitative estimate of drug-likeness (QED) is 0.131. The summed E-state index contributed by atoms with van der Waals surface area (Å²) in [5.41, 5.74) is 3.12. The number of carbonyl (C=O) groups is 2. The van der Waals surface area contributed by atoms with Crippen molar-refractivity contribution >= 4 is 46.3 Å². The number of carbonyl (C=O) groups excluding carboxylic acids is 2. The molecular weight excluding hydrogens is 494 g/mol. The third kappa shape index (κ3) is 8.10. The van der Waals surface area contributed by atoms with Crippen molar-refractivity contribution in [3.8, 4) is 11.5 Å². The van der Waals surface area contributed by atoms with Crippen molar-refractivity contribution in [3.05, 3.63) is 64.1 Å². The number of thiocarbonyl (C=S) groups is 1. The third-order valence-electron chi connectivity index (χ3n) is 5.48. The van der Waals surface area contributed by atoms with E-state index in [1.807, 2.05) is 43.3 Å². The van der Waals surface area contributed by atoms with E-state index in [9.17, 15) is 9.59 Å². The fourth-order valence-corrected chi connectivity index (χ4v) is 5.07. The first kappa shape index (κ1) is 27.7. The maximum absolute atomic E-state index is 13.0. The fraction of sp³-hybridized carbons (Fsp3) is 0.393. The van der Waals surface area contributed by atoms with E-state index in [0.29, 0.717) is 53.5 Å². The van der Waals surface area contributed by atoms with Crippen LogP contribution in [0.5, 0.6) is 11.5 Å². The zero-order valence-electron chi connectivity index (χ0n) is 21.1. The second-order valence-corrected chi connectivity index (χ2v) is 10.0. The van der Waals surface area contributed by atoms with Crippen LogP contribution in [0.2, 0.25) is 0 Å². The smallest absolute Gasteiger partial charge is 0.305 e. The largest absolute Gasteiger partial charge is 0.490 e. The van der Waals surface area contributed by atoms with Crippen LogP contribution in [-0.2, 0) is 20.9 Å². The lowest BCUT2D eigenvalue weighted by molar-refractivity contribution is -0.143. The molecule has 1 saturated heterocycles. The highest BCUT2D eigenvalue weighted by Gasteiger charge is 2.31. The maximum Gasteiger partial charge on any atom is 0.305 e. The number of benzene rings is 2. The van der Waals surface area contributed by atoms with Gasteiger partial charge < -0.3 is 14.2 Å². The lowest BCUT2D eigenvalue weighted by atomic mass is 10.1. The topological polar surface area (TPSA) is 65.1 Å². The fourth-order valence-electron chi connectivity index (χ4n) is 3.76. The first-order valence-electron chi connectivity index (χ1n) is 12.3. The Balaban J connectivity index is 1.60. The van der Waals surface area contributed by atoms with Gasteiger partial charge in [0.2, 0.25) is 0 Å². The Bertz CT molecular complexity index is 1110. The summed E-state index contributed by atoms with van der Waals surface area (Å²) >= 11 is 6.76. The van der Waals surface area contributed by atoms with Gasteiger partial charge in [0.25, 0.3) is 5.91 Å². The van der Waals surface area contributed by atoms with Crippen molar-refractivity contribution in [2.45, 2.75) is 53.1 Å². The molecule has 0 saturated carbocycles. The molecule has 36 heavy (non-hydrogen) atoms. The first-order valence-corrected chi connectivity index (χ1v) is 13.5. The van der Waals surface area contributed by atoms with Crippen molar-refractivity contribution in [2.24, 2.45) is 0 Å². The van der Waals surface area contributed by atoms with Gasteiger partial charge in [-0.2, -0.15) is 0 Å². The number of hydrogen-bond donors (Lipinski definition) is 0. The summed E-state index contributed by atoms with van der Waals surface area (Å²) in [6, 6.07) is 13.9. The van der Waals surface area contributed by atoms with Crippen LogP contribution < -0.4 is 9.47 Å². The van der Waals surface area contributed by atoms with E-state index in [0.717, 1.165) is 30.4 Å². The minimum Gasteiger partial charge on any atom is -0.490 e. The zero-order valence-corrected chi connectivity index (χ0v) is 22.7. The molecular formula is C28H33NO5S2. The molecule has 2 aromatic rings. The van der Waals surface area contributed by atoms with Crippen LogP contribution in [0.25, 0.3) is 6.08 Å². The van der Waals surface area contributed by atoms with Crippen molar-refractivity contribution in [2.75, 3.05) is 19.8 Å². The molecule has 1 aliphatic rings. The van der Waals surface area contributed by atoms with E-state index < -0.39 is 0 Å². The molecule has 2 aromatic carbocycles. The van der Waals surface area contributed by atoms with Crippen LogP contribution in [0.4, 0.5) is 0 Å². The number of nitrogens with zero attached hydrogens (tertiary/aromatic N) is 1. The Morgan fingerprint density at radius 1 is 1.03 bits per heavy atom. The summed E-state index contributed by atoms with van der Waals surface area (Å²) in [7, 11) is 0. The highest BCUT2D eigenvalue weighted by Crippen LogP contribution is 2.35. The molecule has 1 amide bonds. The number of aryl methyl sites for hydroxylation is 1. The van der Waals surface area contributed by atoms with Gasteiger partial charge in [-0.1, -0.05) is 66.3 Å². The van der Waals surface area contributed by atoms with E-state index >= 15 is 0 Å². The Morgan fingerprint density at radius 2 is 1.86 bits per heavy atom. The van der Waals surface area contributed by atoms with Crippen LogP contribution in [0.1, 0.15) is 56.2 Å². The molecule has 0 bridgehead atoms. The standard InChI is InChI=1S/C28H33NO5S2/c1-4-32-24-17-21(13-14-23(24)34-19-22-11-9-10-20(3)16-22)18-25-27(31)29(28(35)36-25)15-8-6-7-12-26(30)33-5-2/h9-11,13-14,16-18H,4-8,12,15,19H2,1-3H3/b25-18+. The number of thioether (sulfide) groups is 1. The molecule has 0 aliphatic carbocycles. The second kappa shape index (κ2) is 14.0. The van der Waals surface area contributed by atoms with Gasteiger partial charge in [0.1, 0.15) is 10.9 Å². The Kier molecular flexibility index (Phi) is 10.8. The Hall–Kier alpha value is -2.84. The number of esters is 1. The Morgan fingerprint density at radius 3 is 2.61 bits per heavy atom. The van der Waals surface area contributed by atoms with E-state index in [-0.39, 0.29) is 11.9 Å². The van der Waals surface area contributed by atoms with Gasteiger partial charge in [0.15, 0.2) is 11.5 Å². The molecule has 0 unspecified atom stereocenters. The van der Waals surface area contributed by atoms with E-state index in [4.69, 9.17) is 26.4 Å². The SMILES string of the molecule is CCOC(=O)CCCCCN1C(=O)/C(=C\c2ccc(OCc3cccc(C)c3)c(OCC)c2)SC1=S. The Labute approximate surface area is 223 Å². The van der Waals surface area contributed by atoms with Gasteiger partial charge in [-0.05, 0) is 62.9 Å². The molecule has 8 heteroatoms. The van der Waals surface area contributed by atoms with Gasteiger partial charge >= 0.3 is 5.97 Å². The second-order valence-electron chi connectivity index (χ2n) is 8.37. The van der Waals surface area contributed by atoms with Crippen LogP contribution in [0, 0.1) is 6.92 Å². The average Bonchev–Trinajstić information content (AvgIpc) is 3.11. The monoisotopic (exact) mass is 527 g/mol. The normalized spacial score (nSPS) is 14.4. The van der Waals surface area contributed by atoms with E-state index in [1.54, 1.807) is 11.8 Å². The summed E-state index contributed by atoms with van der Waals surface area (Å²) in [6.07, 6.45) is 4.59. The zero-order chi connectivity index (χ0) is 25.9. The van der Waals surface area contributed by atoms with Crippen LogP contribution >= 0.6 is 24.0 Å². The molecule has 3 rings (SSSR count). The predicted molar refractivity (Wildman–Crippen MR) is 148 cm³/mol. The molecule has 0 atom stereocenters. The van der Waals surface area contributed by atoms with Crippen molar-refractivity contribution in [3.63, 3.8) is 0 Å². The van der Waals surface area contributed by atoms with Gasteiger partial charge in [0.05, 0.1) is 18.1 Å². The molecule has 0 radical (unpaired) electrons. The highest BCUT2D eigenvalue weighted by atomic mass is 32.2. The lowest BCUT2D eigenvalue weighted by Gasteiger charge is -2.14. The molecule has 192 valence electrons. The number of unbranched alkanes of at least 4 members (excludes halogenated alkanes) is 2. The average molecular weight is 528 g/mol. The van der Waals surface area contributed by atoms with Crippen LogP contribution in [0.3, 0.4) is 0 Å². The van der Waals surface area contributed by atoms with Crippen LogP contribution in [-0.4, -0.2) is 40.9 Å². The molecule has 6 nitrogen and oxygen atoms in total. The molecule has 0 N–H and O–H groups in total. The maximum atomic E-state index is 13.0. The number of rotatable bonds is 13. The third-order valence-corrected chi connectivity index (χ3v) is 6.86. The molecule has 1 fully saturated rings. The number of hydrogen-bond acceptors (Lipinski definition) is 7. The van der Waals surface area contributed by atoms with Crippen molar-refractivity contribution in [1.29, 1.82) is 0 Å². The first-order chi connectivity index (χ1) is 17.4. The van der Waals surface area contributed by atoms with E-state index in [2.05, 4.69) is 19.1 Å².